The van der Waals surface area contributed by atoms with E-state index in [2.05, 4.69) is 25.0 Å². The highest BCUT2D eigenvalue weighted by molar-refractivity contribution is 5.97. The molecule has 4 aromatic heterocycles. The van der Waals surface area contributed by atoms with Crippen LogP contribution in [0.1, 0.15) is 27.0 Å². The van der Waals surface area contributed by atoms with Gasteiger partial charge >= 0.3 is 6.18 Å². The number of alkyl halides is 3. The minimum absolute atomic E-state index is 0.125. The van der Waals surface area contributed by atoms with Gasteiger partial charge in [0.2, 0.25) is 0 Å². The van der Waals surface area contributed by atoms with Crippen molar-refractivity contribution in [1.29, 1.82) is 0 Å². The van der Waals surface area contributed by atoms with E-state index in [9.17, 15) is 18.0 Å². The average molecular weight is 603 g/mol. The number of methoxy groups -OCH3 is 1. The van der Waals surface area contributed by atoms with Gasteiger partial charge in [-0.2, -0.15) is 18.3 Å². The molecule has 10 nitrogen and oxygen atoms in total. The maximum atomic E-state index is 13.5. The van der Waals surface area contributed by atoms with Crippen molar-refractivity contribution in [2.45, 2.75) is 19.6 Å². The first-order valence-electron chi connectivity index (χ1n) is 13.9. The van der Waals surface area contributed by atoms with Crippen LogP contribution in [-0.2, 0) is 12.7 Å². The molecule has 1 fully saturated rings. The molecule has 0 unspecified atom stereocenters. The van der Waals surface area contributed by atoms with Gasteiger partial charge in [0.15, 0.2) is 5.65 Å². The van der Waals surface area contributed by atoms with Crippen LogP contribution in [0.2, 0.25) is 0 Å². The first kappa shape index (κ1) is 29.1. The van der Waals surface area contributed by atoms with Gasteiger partial charge in [-0.3, -0.25) is 14.7 Å². The number of imidazole rings is 1. The molecule has 1 amide bonds. The van der Waals surface area contributed by atoms with Gasteiger partial charge in [0.1, 0.15) is 11.6 Å². The summed E-state index contributed by atoms with van der Waals surface area (Å²) in [5, 5.41) is 4.64. The van der Waals surface area contributed by atoms with Crippen molar-refractivity contribution in [1.82, 2.24) is 34.4 Å². The van der Waals surface area contributed by atoms with Crippen molar-refractivity contribution in [3.63, 3.8) is 0 Å². The molecular weight excluding hydrogens is 573 g/mol. The van der Waals surface area contributed by atoms with Gasteiger partial charge in [0, 0.05) is 62.4 Å². The minimum Gasteiger partial charge on any atom is -0.496 e. The number of fused-ring (bicyclic) bond motifs is 1. The molecule has 44 heavy (non-hydrogen) atoms. The lowest BCUT2D eigenvalue weighted by Gasteiger charge is -2.35. The molecule has 5 aromatic rings. The lowest BCUT2D eigenvalue weighted by Crippen LogP contribution is -2.48. The first-order chi connectivity index (χ1) is 21.1. The maximum Gasteiger partial charge on any atom is 0.419 e. The largest absolute Gasteiger partial charge is 0.496 e. The normalized spacial score (nSPS) is 14.2. The Labute approximate surface area is 250 Å². The lowest BCUT2D eigenvalue weighted by molar-refractivity contribution is -0.137. The highest BCUT2D eigenvalue weighted by Gasteiger charge is 2.34. The zero-order chi connectivity index (χ0) is 31.0. The molecule has 1 aliphatic heterocycles. The number of aryl methyl sites for hydroxylation is 1. The van der Waals surface area contributed by atoms with Gasteiger partial charge < -0.3 is 15.4 Å². The van der Waals surface area contributed by atoms with E-state index < -0.39 is 17.6 Å². The molecule has 1 saturated heterocycles. The zero-order valence-corrected chi connectivity index (χ0v) is 24.0. The number of rotatable bonds is 6. The number of aromatic nitrogens is 5. The van der Waals surface area contributed by atoms with Crippen molar-refractivity contribution < 1.29 is 22.7 Å². The van der Waals surface area contributed by atoms with E-state index >= 15 is 0 Å². The Morgan fingerprint density at radius 1 is 1.00 bits per heavy atom. The fraction of sp³-hybridized carbons (Fsp3) is 0.258. The number of nitrogens with zero attached hydrogens (tertiary/aromatic N) is 7. The van der Waals surface area contributed by atoms with Crippen LogP contribution in [0, 0.1) is 6.92 Å². The number of ether oxygens (including phenoxy) is 1. The Morgan fingerprint density at radius 3 is 2.50 bits per heavy atom. The SMILES string of the molecule is COc1cc(-c2cnc3cc(C)c(-c4cnc(N)c(C(F)(F)F)c4)nn23)ccc1C(=O)N1CCN(Cc2cccnc2)CC1. The molecule has 13 heteroatoms. The van der Waals surface area contributed by atoms with Crippen LogP contribution in [0.3, 0.4) is 0 Å². The molecule has 5 heterocycles. The number of anilines is 1. The van der Waals surface area contributed by atoms with Crippen molar-refractivity contribution in [3.8, 4) is 28.3 Å². The summed E-state index contributed by atoms with van der Waals surface area (Å²) in [5.41, 5.74) is 8.87. The second-order valence-corrected chi connectivity index (χ2v) is 10.6. The average Bonchev–Trinajstić information content (AvgIpc) is 3.43. The molecular formula is C31H29F3N8O2. The van der Waals surface area contributed by atoms with E-state index in [-0.39, 0.29) is 11.5 Å². The molecule has 226 valence electrons. The lowest BCUT2D eigenvalue weighted by atomic mass is 10.1. The monoisotopic (exact) mass is 602 g/mol. The van der Waals surface area contributed by atoms with E-state index in [1.807, 2.05) is 23.2 Å². The van der Waals surface area contributed by atoms with E-state index in [0.717, 1.165) is 31.3 Å². The number of hydrogen-bond acceptors (Lipinski definition) is 8. The van der Waals surface area contributed by atoms with Gasteiger partial charge in [-0.25, -0.2) is 14.5 Å². The number of benzene rings is 1. The second kappa shape index (κ2) is 11.6. The Balaban J connectivity index is 1.26. The number of carbonyl (C=O) groups is 1. The van der Waals surface area contributed by atoms with Gasteiger partial charge in [0.05, 0.1) is 35.8 Å². The summed E-state index contributed by atoms with van der Waals surface area (Å²) >= 11 is 0. The third kappa shape index (κ3) is 5.65. The molecule has 1 aliphatic rings. The predicted octanol–water partition coefficient (Wildman–Crippen LogP) is 4.73. The molecule has 0 aliphatic carbocycles. The quantitative estimate of drug-likeness (QED) is 0.297. The third-order valence-corrected chi connectivity index (χ3v) is 7.70. The number of halogens is 3. The number of nitrogen functional groups attached to an aromatic ring is 1. The van der Waals surface area contributed by atoms with Crippen LogP contribution in [0.15, 0.2) is 67.3 Å². The summed E-state index contributed by atoms with van der Waals surface area (Å²) < 4.78 is 47.7. The summed E-state index contributed by atoms with van der Waals surface area (Å²) in [4.78, 5) is 30.0. The van der Waals surface area contributed by atoms with Gasteiger partial charge in [-0.15, -0.1) is 0 Å². The van der Waals surface area contributed by atoms with Gasteiger partial charge in [-0.1, -0.05) is 12.1 Å². The molecule has 1 aromatic carbocycles. The third-order valence-electron chi connectivity index (χ3n) is 7.70. The highest BCUT2D eigenvalue weighted by Crippen LogP contribution is 2.36. The Morgan fingerprint density at radius 2 is 1.80 bits per heavy atom. The number of nitrogens with two attached hydrogens (primary N) is 1. The summed E-state index contributed by atoms with van der Waals surface area (Å²) in [5.74, 6) is -0.332. The smallest absolute Gasteiger partial charge is 0.419 e. The van der Waals surface area contributed by atoms with Crippen molar-refractivity contribution in [3.05, 3.63) is 89.5 Å². The van der Waals surface area contributed by atoms with E-state index in [1.165, 1.54) is 13.3 Å². The van der Waals surface area contributed by atoms with Crippen LogP contribution in [0.5, 0.6) is 5.75 Å². The van der Waals surface area contributed by atoms with Gasteiger partial charge in [0.25, 0.3) is 5.91 Å². The van der Waals surface area contributed by atoms with Gasteiger partial charge in [-0.05, 0) is 48.4 Å². The number of piperazine rings is 1. The zero-order valence-electron chi connectivity index (χ0n) is 24.0. The predicted molar refractivity (Wildman–Crippen MR) is 158 cm³/mol. The summed E-state index contributed by atoms with van der Waals surface area (Å²) in [6, 6.07) is 11.9. The molecule has 0 bridgehead atoms. The van der Waals surface area contributed by atoms with Crippen molar-refractivity contribution in [2.24, 2.45) is 0 Å². The van der Waals surface area contributed by atoms with Crippen molar-refractivity contribution >= 4 is 17.4 Å². The number of pyridine rings is 2. The second-order valence-electron chi connectivity index (χ2n) is 10.6. The summed E-state index contributed by atoms with van der Waals surface area (Å²) in [7, 11) is 1.50. The number of carbonyl (C=O) groups excluding carboxylic acids is 1. The number of amides is 1. The topological polar surface area (TPSA) is 115 Å². The molecule has 2 N–H and O–H groups in total. The summed E-state index contributed by atoms with van der Waals surface area (Å²) in [6.07, 6.45) is 1.83. The Kier molecular flexibility index (Phi) is 7.64. The summed E-state index contributed by atoms with van der Waals surface area (Å²) in [6.45, 7) is 5.16. The Bertz CT molecular complexity index is 1830. The van der Waals surface area contributed by atoms with E-state index in [4.69, 9.17) is 10.5 Å². The molecule has 0 radical (unpaired) electrons. The Hall–Kier alpha value is -5.04. The fourth-order valence-corrected chi connectivity index (χ4v) is 5.38. The molecule has 0 spiro atoms. The standard InChI is InChI=1S/C31H29F3N8O2/c1-19-12-27-37-17-25(42(27)39-28(19)22-13-24(31(32,33)34)29(35)38-16-22)21-5-6-23(26(14-21)44-2)30(43)41-10-8-40(9-11-41)18-20-4-3-7-36-15-20/h3-7,12-17H,8-11,18H2,1-2H3,(H2,35,38). The van der Waals surface area contributed by atoms with Crippen LogP contribution in [0.4, 0.5) is 19.0 Å². The highest BCUT2D eigenvalue weighted by atomic mass is 19.4. The minimum atomic E-state index is -4.66. The fourth-order valence-electron chi connectivity index (χ4n) is 5.38. The van der Waals surface area contributed by atoms with Crippen LogP contribution < -0.4 is 10.5 Å². The first-order valence-corrected chi connectivity index (χ1v) is 13.9. The van der Waals surface area contributed by atoms with Crippen LogP contribution in [-0.4, -0.2) is 73.6 Å². The van der Waals surface area contributed by atoms with Crippen LogP contribution >= 0.6 is 0 Å². The molecule has 0 atom stereocenters. The van der Waals surface area contributed by atoms with E-state index in [1.54, 1.807) is 48.1 Å². The van der Waals surface area contributed by atoms with E-state index in [0.29, 0.717) is 52.6 Å². The molecule has 6 rings (SSSR count). The van der Waals surface area contributed by atoms with Crippen molar-refractivity contribution in [2.75, 3.05) is 39.0 Å². The molecule has 0 saturated carbocycles. The van der Waals surface area contributed by atoms with Crippen LogP contribution in [0.25, 0.3) is 28.2 Å². The number of hydrogen-bond donors (Lipinski definition) is 1. The maximum absolute atomic E-state index is 13.5.